The van der Waals surface area contributed by atoms with E-state index in [0.717, 1.165) is 22.2 Å². The molecule has 2 aromatic heterocycles. The Balaban J connectivity index is 0.00000108. The van der Waals surface area contributed by atoms with Crippen LogP contribution in [0.2, 0.25) is 0 Å². The molecule has 0 radical (unpaired) electrons. The number of aromatic nitrogens is 3. The molecule has 5 heteroatoms. The van der Waals surface area contributed by atoms with E-state index in [2.05, 4.69) is 21.2 Å². The number of nitrogens with zero attached hydrogens (tertiary/aromatic N) is 2. The van der Waals surface area contributed by atoms with Crippen LogP contribution >= 0.6 is 0 Å². The van der Waals surface area contributed by atoms with E-state index in [9.17, 15) is 0 Å². The number of hydrogen-bond donors (Lipinski definition) is 2. The summed E-state index contributed by atoms with van der Waals surface area (Å²) in [6.07, 6.45) is 1.72. The standard InChI is InChI=1S/C12H9N4.W/c13-12-4-3-8-1-2-9(7-11(8)15-12)10-5-6-14-16-10;/h1-2,4-7H,(H2,13,15)(H,14,16);/q-1;. The summed E-state index contributed by atoms with van der Waals surface area (Å²) in [5.74, 6) is 0.481. The first-order valence-electron chi connectivity index (χ1n) is 4.91. The van der Waals surface area contributed by atoms with Gasteiger partial charge in [-0.1, -0.05) is 12.1 Å². The van der Waals surface area contributed by atoms with Gasteiger partial charge in [-0.2, -0.15) is 5.10 Å². The number of nitrogens with one attached hydrogen (secondary N) is 1. The summed E-state index contributed by atoms with van der Waals surface area (Å²) in [6, 6.07) is 12.6. The third kappa shape index (κ3) is 2.22. The fraction of sp³-hybridized carbons (Fsp3) is 0. The molecule has 3 rings (SSSR count). The first-order chi connectivity index (χ1) is 7.83. The summed E-state index contributed by atoms with van der Waals surface area (Å²) < 4.78 is 0. The minimum absolute atomic E-state index is 0. The normalized spacial score (nSPS) is 10.1. The summed E-state index contributed by atoms with van der Waals surface area (Å²) in [5, 5.41) is 7.79. The van der Waals surface area contributed by atoms with E-state index in [0.29, 0.717) is 5.82 Å². The minimum Gasteiger partial charge on any atom is -0.422 e. The van der Waals surface area contributed by atoms with Crippen molar-refractivity contribution in [2.45, 2.75) is 0 Å². The van der Waals surface area contributed by atoms with Gasteiger partial charge in [-0.15, -0.1) is 23.6 Å². The Labute approximate surface area is 113 Å². The Hall–Kier alpha value is -1.67. The monoisotopic (exact) mass is 393 g/mol. The second-order valence-corrected chi connectivity index (χ2v) is 3.53. The van der Waals surface area contributed by atoms with Crippen LogP contribution in [-0.4, -0.2) is 15.2 Å². The third-order valence-electron chi connectivity index (χ3n) is 2.43. The molecule has 0 amide bonds. The number of nitrogens with two attached hydrogens (primary N) is 1. The van der Waals surface area contributed by atoms with Gasteiger partial charge in [0.15, 0.2) is 0 Å². The van der Waals surface area contributed by atoms with E-state index in [1.54, 1.807) is 12.3 Å². The summed E-state index contributed by atoms with van der Waals surface area (Å²) in [7, 11) is 0. The Kier molecular flexibility index (Phi) is 3.25. The summed E-state index contributed by atoms with van der Waals surface area (Å²) in [6.45, 7) is 0. The van der Waals surface area contributed by atoms with Crippen LogP contribution in [0.25, 0.3) is 22.2 Å². The second kappa shape index (κ2) is 4.68. The maximum atomic E-state index is 5.63. The average Bonchev–Trinajstić information content (AvgIpc) is 2.81. The molecule has 0 aliphatic rings. The van der Waals surface area contributed by atoms with Crippen LogP contribution in [0, 0.1) is 6.07 Å². The van der Waals surface area contributed by atoms with E-state index < -0.39 is 0 Å². The molecule has 0 saturated heterocycles. The summed E-state index contributed by atoms with van der Waals surface area (Å²) >= 11 is 0. The van der Waals surface area contributed by atoms with Gasteiger partial charge in [-0.05, 0) is 17.1 Å². The SMILES string of the molecule is Nc1c[c-]c2ccc(-c3ccn[nH]3)cc2n1.[W]. The largest absolute Gasteiger partial charge is 0.422 e. The van der Waals surface area contributed by atoms with Gasteiger partial charge in [0.2, 0.25) is 0 Å². The molecule has 0 unspecified atom stereocenters. The van der Waals surface area contributed by atoms with Crippen LogP contribution in [-0.2, 0) is 21.1 Å². The Morgan fingerprint density at radius 3 is 2.88 bits per heavy atom. The first kappa shape index (κ1) is 11.8. The predicted molar refractivity (Wildman–Crippen MR) is 62.6 cm³/mol. The van der Waals surface area contributed by atoms with E-state index in [-0.39, 0.29) is 21.1 Å². The van der Waals surface area contributed by atoms with E-state index >= 15 is 0 Å². The number of hydrogen-bond acceptors (Lipinski definition) is 3. The van der Waals surface area contributed by atoms with Gasteiger partial charge in [0.05, 0.1) is 5.69 Å². The smallest absolute Gasteiger partial charge is 0.0634 e. The van der Waals surface area contributed by atoms with Crippen LogP contribution in [0.15, 0.2) is 36.5 Å². The zero-order valence-corrected chi connectivity index (χ0v) is 11.8. The molecule has 4 nitrogen and oxygen atoms in total. The number of anilines is 1. The van der Waals surface area contributed by atoms with Crippen molar-refractivity contribution < 1.29 is 21.1 Å². The second-order valence-electron chi connectivity index (χ2n) is 3.53. The van der Waals surface area contributed by atoms with Gasteiger partial charge >= 0.3 is 0 Å². The summed E-state index contributed by atoms with van der Waals surface area (Å²) in [4.78, 5) is 4.26. The molecule has 3 N–H and O–H groups in total. The number of H-pyrrole nitrogens is 1. The molecule has 0 saturated carbocycles. The van der Waals surface area contributed by atoms with Crippen molar-refractivity contribution >= 4 is 16.7 Å². The number of nitrogen functional groups attached to an aromatic ring is 1. The fourth-order valence-electron chi connectivity index (χ4n) is 1.65. The molecule has 0 spiro atoms. The molecule has 0 atom stereocenters. The molecule has 0 aliphatic heterocycles. The number of aromatic amines is 1. The third-order valence-corrected chi connectivity index (χ3v) is 2.43. The molecule has 0 aliphatic carbocycles. The minimum atomic E-state index is 0. The van der Waals surface area contributed by atoms with E-state index in [1.165, 1.54) is 0 Å². The molecule has 0 bridgehead atoms. The van der Waals surface area contributed by atoms with Crippen LogP contribution in [0.4, 0.5) is 5.82 Å². The Bertz CT molecular complexity index is 634. The van der Waals surface area contributed by atoms with Crippen LogP contribution in [0.5, 0.6) is 0 Å². The fourth-order valence-corrected chi connectivity index (χ4v) is 1.65. The molecule has 2 heterocycles. The van der Waals surface area contributed by atoms with Gasteiger partial charge in [0, 0.05) is 33.1 Å². The zero-order valence-electron chi connectivity index (χ0n) is 8.84. The van der Waals surface area contributed by atoms with Crippen LogP contribution < -0.4 is 5.73 Å². The topological polar surface area (TPSA) is 67.6 Å². The van der Waals surface area contributed by atoms with Crippen LogP contribution in [0.1, 0.15) is 0 Å². The molecule has 1 aromatic carbocycles. The van der Waals surface area contributed by atoms with E-state index in [1.807, 2.05) is 24.3 Å². The predicted octanol–water partition coefficient (Wildman–Crippen LogP) is 2.00. The molecular formula is C12H9N4W-. The van der Waals surface area contributed by atoms with Crippen molar-refractivity contribution in [3.63, 3.8) is 0 Å². The van der Waals surface area contributed by atoms with Crippen molar-refractivity contribution in [2.75, 3.05) is 5.73 Å². The van der Waals surface area contributed by atoms with Gasteiger partial charge in [0.25, 0.3) is 0 Å². The van der Waals surface area contributed by atoms with E-state index in [4.69, 9.17) is 5.73 Å². The van der Waals surface area contributed by atoms with Gasteiger partial charge in [-0.25, -0.2) is 0 Å². The van der Waals surface area contributed by atoms with Gasteiger partial charge in [-0.3, -0.25) is 5.10 Å². The van der Waals surface area contributed by atoms with Crippen molar-refractivity contribution in [2.24, 2.45) is 0 Å². The summed E-state index contributed by atoms with van der Waals surface area (Å²) in [5.41, 5.74) is 8.47. The number of pyridine rings is 1. The quantitative estimate of drug-likeness (QED) is 0.622. The van der Waals surface area contributed by atoms with Gasteiger partial charge in [0.1, 0.15) is 0 Å². The van der Waals surface area contributed by atoms with Crippen molar-refractivity contribution in [3.8, 4) is 11.3 Å². The molecule has 0 fully saturated rings. The maximum Gasteiger partial charge on any atom is 0.0634 e. The maximum absolute atomic E-state index is 5.63. The van der Waals surface area contributed by atoms with Crippen molar-refractivity contribution in [1.29, 1.82) is 0 Å². The average molecular weight is 393 g/mol. The number of rotatable bonds is 1. The number of fused-ring (bicyclic) bond motifs is 1. The first-order valence-corrected chi connectivity index (χ1v) is 4.91. The molecule has 84 valence electrons. The zero-order chi connectivity index (χ0) is 11.0. The molecule has 3 aromatic rings. The van der Waals surface area contributed by atoms with Crippen LogP contribution in [0.3, 0.4) is 0 Å². The van der Waals surface area contributed by atoms with Crippen molar-refractivity contribution in [1.82, 2.24) is 15.2 Å². The van der Waals surface area contributed by atoms with Crippen molar-refractivity contribution in [3.05, 3.63) is 42.6 Å². The Morgan fingerprint density at radius 1 is 1.24 bits per heavy atom. The molecule has 17 heavy (non-hydrogen) atoms. The Morgan fingerprint density at radius 2 is 2.12 bits per heavy atom. The van der Waals surface area contributed by atoms with Gasteiger partial charge < -0.3 is 10.7 Å². The molecular weight excluding hydrogens is 384 g/mol. The number of benzene rings is 1.